The van der Waals surface area contributed by atoms with E-state index in [0.29, 0.717) is 36.8 Å². The molecular formula is C39H53N5O10S. The fourth-order valence-electron chi connectivity index (χ4n) is 7.68. The number of allylic oxidation sites excluding steroid dienone is 1. The molecule has 7 atom stereocenters. The van der Waals surface area contributed by atoms with Crippen LogP contribution >= 0.6 is 0 Å². The zero-order valence-corrected chi connectivity index (χ0v) is 33.1. The second-order valence-corrected chi connectivity index (χ2v) is 18.3. The van der Waals surface area contributed by atoms with Gasteiger partial charge >= 0.3 is 6.09 Å². The van der Waals surface area contributed by atoms with Gasteiger partial charge in [-0.1, -0.05) is 37.3 Å². The van der Waals surface area contributed by atoms with Gasteiger partial charge in [0.1, 0.15) is 35.1 Å². The summed E-state index contributed by atoms with van der Waals surface area (Å²) in [5.41, 5.74) is -2.38. The molecule has 4 amide bonds. The van der Waals surface area contributed by atoms with E-state index in [-0.39, 0.29) is 37.8 Å². The van der Waals surface area contributed by atoms with E-state index in [1.807, 2.05) is 36.4 Å². The minimum Gasteiger partial charge on any atom is -0.494 e. The molecule has 0 bridgehead atoms. The van der Waals surface area contributed by atoms with Crippen LogP contribution in [0.5, 0.6) is 11.6 Å². The first-order valence-corrected chi connectivity index (χ1v) is 20.5. The minimum absolute atomic E-state index is 0.0166. The Balaban J connectivity index is 1.37. The lowest BCUT2D eigenvalue weighted by atomic mass is 9.87. The Morgan fingerprint density at radius 2 is 1.80 bits per heavy atom. The Morgan fingerprint density at radius 3 is 2.47 bits per heavy atom. The monoisotopic (exact) mass is 783 g/mol. The summed E-state index contributed by atoms with van der Waals surface area (Å²) in [6, 6.07) is 5.09. The number of carbonyl (C=O) groups excluding carboxylic acids is 4. The third kappa shape index (κ3) is 9.17. The van der Waals surface area contributed by atoms with Gasteiger partial charge in [0.05, 0.1) is 31.7 Å². The van der Waals surface area contributed by atoms with Crippen molar-refractivity contribution in [3.05, 3.63) is 42.6 Å². The van der Waals surface area contributed by atoms with E-state index in [0.717, 1.165) is 11.8 Å². The lowest BCUT2D eigenvalue weighted by molar-refractivity contribution is -0.142. The van der Waals surface area contributed by atoms with E-state index in [9.17, 15) is 27.6 Å². The van der Waals surface area contributed by atoms with Crippen molar-refractivity contribution < 1.29 is 46.5 Å². The SMILES string of the molecule is COC[C@@H]1C[C@@H](C)CC/C=C\[C@H]2C[C@]2(C(=O)NS(=O)(=O)C2CC2)NC(=O)[C@@H]2C[C@@H](Oc3ncc(OC)c4ccccc34)CN2C(=O)[C@H]1NC(=O)OC(C)(C)C. The van der Waals surface area contributed by atoms with Crippen molar-refractivity contribution in [1.82, 2.24) is 25.2 Å². The minimum atomic E-state index is -3.91. The number of sulfonamides is 1. The summed E-state index contributed by atoms with van der Waals surface area (Å²) in [5, 5.41) is 6.48. The molecule has 6 rings (SSSR count). The Hall–Kier alpha value is -4.44. The van der Waals surface area contributed by atoms with E-state index >= 15 is 0 Å². The van der Waals surface area contributed by atoms with Gasteiger partial charge < -0.3 is 34.5 Å². The molecule has 3 N–H and O–H groups in total. The van der Waals surface area contributed by atoms with Crippen LogP contribution in [0.4, 0.5) is 4.79 Å². The number of alkyl carbamates (subject to hydrolysis) is 1. The number of aromatic nitrogens is 1. The molecule has 15 nitrogen and oxygen atoms in total. The molecule has 16 heteroatoms. The number of nitrogens with zero attached hydrogens (tertiary/aromatic N) is 2. The summed E-state index contributed by atoms with van der Waals surface area (Å²) < 4.78 is 51.2. The first-order valence-electron chi connectivity index (χ1n) is 19.0. The van der Waals surface area contributed by atoms with E-state index < -0.39 is 80.3 Å². The lowest BCUT2D eigenvalue weighted by Crippen LogP contribution is -2.59. The molecular weight excluding hydrogens is 731 g/mol. The Morgan fingerprint density at radius 1 is 1.07 bits per heavy atom. The fraction of sp³-hybridized carbons (Fsp3) is 0.615. The molecule has 3 fully saturated rings. The van der Waals surface area contributed by atoms with Gasteiger partial charge in [0.25, 0.3) is 5.91 Å². The number of hydrogen-bond donors (Lipinski definition) is 3. The molecule has 2 aliphatic carbocycles. The topological polar surface area (TPSA) is 192 Å². The normalized spacial score (nSPS) is 29.5. The number of ether oxygens (including phenoxy) is 4. The number of methoxy groups -OCH3 is 2. The molecule has 2 aliphatic heterocycles. The van der Waals surface area contributed by atoms with Crippen LogP contribution in [-0.2, 0) is 33.9 Å². The number of amides is 4. The van der Waals surface area contributed by atoms with Gasteiger partial charge in [-0.05, 0) is 71.3 Å². The maximum atomic E-state index is 14.9. The molecule has 3 heterocycles. The van der Waals surface area contributed by atoms with Gasteiger partial charge in [-0.3, -0.25) is 19.1 Å². The number of benzene rings is 1. The maximum Gasteiger partial charge on any atom is 0.408 e. The second kappa shape index (κ2) is 16.0. The Labute approximate surface area is 322 Å². The highest BCUT2D eigenvalue weighted by molar-refractivity contribution is 7.91. The van der Waals surface area contributed by atoms with Gasteiger partial charge in [-0.25, -0.2) is 18.2 Å². The van der Waals surface area contributed by atoms with E-state index in [2.05, 4.69) is 27.3 Å². The molecule has 1 aromatic carbocycles. The third-order valence-corrected chi connectivity index (χ3v) is 12.5. The molecule has 1 aromatic heterocycles. The Kier molecular flexibility index (Phi) is 11.7. The van der Waals surface area contributed by atoms with E-state index in [4.69, 9.17) is 18.9 Å². The van der Waals surface area contributed by atoms with E-state index in [1.165, 1.54) is 12.0 Å². The van der Waals surface area contributed by atoms with Crippen molar-refractivity contribution in [2.75, 3.05) is 27.4 Å². The van der Waals surface area contributed by atoms with Gasteiger partial charge in [0.15, 0.2) is 0 Å². The molecule has 300 valence electrons. The second-order valence-electron chi connectivity index (χ2n) is 16.3. The maximum absolute atomic E-state index is 14.9. The first-order chi connectivity index (χ1) is 26.0. The summed E-state index contributed by atoms with van der Waals surface area (Å²) in [4.78, 5) is 62.5. The highest BCUT2D eigenvalue weighted by Gasteiger charge is 2.62. The first kappa shape index (κ1) is 40.2. The largest absolute Gasteiger partial charge is 0.494 e. The van der Waals surface area contributed by atoms with Crippen LogP contribution in [0.15, 0.2) is 42.6 Å². The van der Waals surface area contributed by atoms with Gasteiger partial charge in [-0.2, -0.15) is 0 Å². The molecule has 0 spiro atoms. The zero-order chi connectivity index (χ0) is 39.7. The Bertz CT molecular complexity index is 1930. The van der Waals surface area contributed by atoms with Crippen molar-refractivity contribution >= 4 is 44.6 Å². The van der Waals surface area contributed by atoms with E-state index in [1.54, 1.807) is 34.1 Å². The lowest BCUT2D eigenvalue weighted by Gasteiger charge is -2.34. The standard InChI is InChI=1S/C39H53N5O10S/c1-23-11-7-8-12-25-19-39(25,36(47)43-55(49,50)27-15-16-27)42-33(45)30-18-26(53-34-29-14-10-9-13-28(29)31(52-6)20-40-34)21-44(30)35(46)32(24(17-23)22-51-5)41-37(48)54-38(2,3)4/h8-10,12-14,20,23-27,30,32H,7,11,15-19,21-22H2,1-6H3,(H,41,48)(H,42,45)(H,43,47)/b12-8-/t23-,24-,25-,26+,30-,32-,39-/m0/s1. The van der Waals surface area contributed by atoms with Crippen molar-refractivity contribution in [1.29, 1.82) is 0 Å². The molecule has 0 unspecified atom stereocenters. The van der Waals surface area contributed by atoms with Crippen LogP contribution in [0.25, 0.3) is 10.8 Å². The number of pyridine rings is 1. The smallest absolute Gasteiger partial charge is 0.408 e. The van der Waals surface area contributed by atoms with Gasteiger partial charge in [0.2, 0.25) is 27.7 Å². The van der Waals surface area contributed by atoms with Crippen molar-refractivity contribution in [3.8, 4) is 11.6 Å². The summed E-state index contributed by atoms with van der Waals surface area (Å²) in [6.45, 7) is 7.30. The van der Waals surface area contributed by atoms with Crippen LogP contribution in [-0.4, -0.2) is 104 Å². The zero-order valence-electron chi connectivity index (χ0n) is 32.3. The third-order valence-electron chi connectivity index (χ3n) is 10.7. The van der Waals surface area contributed by atoms with Gasteiger partial charge in [0, 0.05) is 36.1 Å². The fourth-order valence-corrected chi connectivity index (χ4v) is 9.05. The van der Waals surface area contributed by atoms with Crippen molar-refractivity contribution in [2.24, 2.45) is 17.8 Å². The summed E-state index contributed by atoms with van der Waals surface area (Å²) in [5.74, 6) is -2.04. The average molecular weight is 784 g/mol. The predicted molar refractivity (Wildman–Crippen MR) is 203 cm³/mol. The van der Waals surface area contributed by atoms with Crippen LogP contribution in [0, 0.1) is 17.8 Å². The molecule has 4 aliphatic rings. The number of nitrogens with one attached hydrogen (secondary N) is 3. The highest BCUT2D eigenvalue weighted by atomic mass is 32.2. The summed E-state index contributed by atoms with van der Waals surface area (Å²) in [7, 11) is -0.839. The van der Waals surface area contributed by atoms with Gasteiger partial charge in [-0.15, -0.1) is 0 Å². The molecule has 1 saturated heterocycles. The number of rotatable bonds is 9. The van der Waals surface area contributed by atoms with Crippen LogP contribution in [0.3, 0.4) is 0 Å². The molecule has 2 aromatic rings. The van der Waals surface area contributed by atoms with Crippen LogP contribution in [0.1, 0.15) is 72.6 Å². The summed E-state index contributed by atoms with van der Waals surface area (Å²) in [6.07, 6.45) is 6.83. The number of hydrogen-bond acceptors (Lipinski definition) is 11. The predicted octanol–water partition coefficient (Wildman–Crippen LogP) is 3.61. The average Bonchev–Trinajstić information content (AvgIpc) is 4.05. The quantitative estimate of drug-likeness (QED) is 0.315. The van der Waals surface area contributed by atoms with Crippen molar-refractivity contribution in [3.63, 3.8) is 0 Å². The molecule has 0 radical (unpaired) electrons. The summed E-state index contributed by atoms with van der Waals surface area (Å²) >= 11 is 0. The number of fused-ring (bicyclic) bond motifs is 3. The molecule has 2 saturated carbocycles. The molecule has 55 heavy (non-hydrogen) atoms. The van der Waals surface area contributed by atoms with Crippen molar-refractivity contribution in [2.45, 2.75) is 107 Å². The number of carbonyl (C=O) groups is 4. The van der Waals surface area contributed by atoms with Crippen LogP contribution in [0.2, 0.25) is 0 Å². The van der Waals surface area contributed by atoms with Crippen LogP contribution < -0.4 is 24.8 Å². The highest BCUT2D eigenvalue weighted by Crippen LogP contribution is 2.46.